The van der Waals surface area contributed by atoms with Crippen molar-refractivity contribution in [1.29, 1.82) is 0 Å². The summed E-state index contributed by atoms with van der Waals surface area (Å²) in [6, 6.07) is 6.36. The number of hydrogen-bond acceptors (Lipinski definition) is 0. The van der Waals surface area contributed by atoms with Gasteiger partial charge in [-0.25, -0.2) is 0 Å². The largest absolute Gasteiger partial charge is 0.0801 e. The number of fused-ring (bicyclic) bond motifs is 1. The van der Waals surface area contributed by atoms with Crippen LogP contribution in [0.3, 0.4) is 0 Å². The lowest BCUT2D eigenvalue weighted by molar-refractivity contribution is 0.944. The van der Waals surface area contributed by atoms with Crippen LogP contribution in [0.25, 0.3) is 12.2 Å². The van der Waals surface area contributed by atoms with Gasteiger partial charge in [0.05, 0.1) is 0 Å². The van der Waals surface area contributed by atoms with E-state index in [0.717, 1.165) is 10.9 Å². The molecule has 0 fully saturated rings. The Bertz CT molecular complexity index is 804. The lowest BCUT2D eigenvalue weighted by Gasteiger charge is -2.14. The van der Waals surface area contributed by atoms with Crippen molar-refractivity contribution in [2.45, 2.75) is 13.3 Å². The molecular formula is C19H16Br2. The maximum atomic E-state index is 3.65. The van der Waals surface area contributed by atoms with Crippen molar-refractivity contribution in [1.82, 2.24) is 0 Å². The fourth-order valence-corrected chi connectivity index (χ4v) is 3.55. The van der Waals surface area contributed by atoms with E-state index >= 15 is 0 Å². The van der Waals surface area contributed by atoms with Gasteiger partial charge in [0.25, 0.3) is 0 Å². The lowest BCUT2D eigenvalue weighted by Crippen LogP contribution is -2.30. The third-order valence-corrected chi connectivity index (χ3v) is 5.32. The molecule has 21 heavy (non-hydrogen) atoms. The molecule has 0 spiro atoms. The second-order valence-corrected chi connectivity index (χ2v) is 7.06. The second kappa shape index (κ2) is 6.33. The molecule has 0 saturated carbocycles. The molecule has 0 heterocycles. The van der Waals surface area contributed by atoms with Gasteiger partial charge in [0.2, 0.25) is 0 Å². The summed E-state index contributed by atoms with van der Waals surface area (Å²) < 4.78 is 2.33. The number of rotatable bonds is 1. The van der Waals surface area contributed by atoms with Crippen LogP contribution in [0.5, 0.6) is 0 Å². The molecule has 0 bridgehead atoms. The maximum Gasteiger partial charge on any atom is 0.0253 e. The van der Waals surface area contributed by atoms with Gasteiger partial charge < -0.3 is 0 Å². The van der Waals surface area contributed by atoms with Crippen LogP contribution in [0.2, 0.25) is 0 Å². The van der Waals surface area contributed by atoms with E-state index in [4.69, 9.17) is 0 Å². The van der Waals surface area contributed by atoms with Crippen molar-refractivity contribution in [3.8, 4) is 0 Å². The van der Waals surface area contributed by atoms with E-state index in [1.54, 1.807) is 0 Å². The van der Waals surface area contributed by atoms with E-state index in [9.17, 15) is 0 Å². The summed E-state index contributed by atoms with van der Waals surface area (Å²) in [5.74, 6) is 0.436. The van der Waals surface area contributed by atoms with E-state index in [2.05, 4.69) is 99.5 Å². The molecule has 0 amide bonds. The molecule has 0 aromatic heterocycles. The van der Waals surface area contributed by atoms with Crippen molar-refractivity contribution in [2.75, 3.05) is 0 Å². The summed E-state index contributed by atoms with van der Waals surface area (Å²) in [4.78, 5) is 0. The van der Waals surface area contributed by atoms with Gasteiger partial charge in [0, 0.05) is 8.96 Å². The van der Waals surface area contributed by atoms with E-state index in [1.807, 2.05) is 0 Å². The summed E-state index contributed by atoms with van der Waals surface area (Å²) in [5.41, 5.74) is 2.67. The highest BCUT2D eigenvalue weighted by Crippen LogP contribution is 2.26. The molecular weight excluding hydrogens is 388 g/mol. The van der Waals surface area contributed by atoms with Gasteiger partial charge in [-0.05, 0) is 52.1 Å². The molecule has 2 heteroatoms. The predicted molar refractivity (Wildman–Crippen MR) is 98.4 cm³/mol. The van der Waals surface area contributed by atoms with Crippen LogP contribution in [0.1, 0.15) is 13.3 Å². The average Bonchev–Trinajstić information content (AvgIpc) is 2.47. The van der Waals surface area contributed by atoms with Gasteiger partial charge in [0.15, 0.2) is 0 Å². The predicted octanol–water partition coefficient (Wildman–Crippen LogP) is 4.75. The molecule has 1 unspecified atom stereocenters. The van der Waals surface area contributed by atoms with Gasteiger partial charge in [-0.3, -0.25) is 0 Å². The number of hydrogen-bond donors (Lipinski definition) is 0. The minimum Gasteiger partial charge on any atom is -0.0801 e. The number of benzene rings is 1. The first-order chi connectivity index (χ1) is 10.1. The monoisotopic (exact) mass is 402 g/mol. The van der Waals surface area contributed by atoms with Gasteiger partial charge in [0.1, 0.15) is 0 Å². The third-order valence-electron chi connectivity index (χ3n) is 3.85. The van der Waals surface area contributed by atoms with Crippen LogP contribution in [0.15, 0.2) is 68.7 Å². The molecule has 3 rings (SSSR count). The molecule has 2 aliphatic rings. The zero-order valence-corrected chi connectivity index (χ0v) is 15.0. The third kappa shape index (κ3) is 3.22. The quantitative estimate of drug-likeness (QED) is 0.634. The maximum absolute atomic E-state index is 3.65. The molecule has 1 aromatic rings. The Morgan fingerprint density at radius 3 is 2.86 bits per heavy atom. The molecule has 0 radical (unpaired) electrons. The normalized spacial score (nSPS) is 24.3. The van der Waals surface area contributed by atoms with E-state index in [0.29, 0.717) is 5.92 Å². The van der Waals surface area contributed by atoms with Gasteiger partial charge in [-0.15, -0.1) is 0 Å². The van der Waals surface area contributed by atoms with Crippen molar-refractivity contribution < 1.29 is 0 Å². The van der Waals surface area contributed by atoms with Crippen LogP contribution in [0, 0.1) is 5.92 Å². The fourth-order valence-electron chi connectivity index (χ4n) is 2.61. The van der Waals surface area contributed by atoms with E-state index in [1.165, 1.54) is 26.1 Å². The summed E-state index contributed by atoms with van der Waals surface area (Å²) >= 11 is 7.27. The van der Waals surface area contributed by atoms with E-state index in [-0.39, 0.29) is 0 Å². The molecule has 2 aliphatic carbocycles. The zero-order valence-electron chi connectivity index (χ0n) is 11.8. The zero-order chi connectivity index (χ0) is 14.8. The molecule has 0 aliphatic heterocycles. The first kappa shape index (κ1) is 14.8. The number of halogens is 2. The summed E-state index contributed by atoms with van der Waals surface area (Å²) in [7, 11) is 0. The number of allylic oxidation sites excluding steroid dienone is 8. The Morgan fingerprint density at radius 2 is 2.05 bits per heavy atom. The minimum absolute atomic E-state index is 0.436. The Morgan fingerprint density at radius 1 is 1.19 bits per heavy atom. The van der Waals surface area contributed by atoms with Crippen LogP contribution in [0.4, 0.5) is 0 Å². The second-order valence-electron chi connectivity index (χ2n) is 5.35. The minimum atomic E-state index is 0.436. The van der Waals surface area contributed by atoms with Crippen molar-refractivity contribution in [3.63, 3.8) is 0 Å². The average molecular weight is 404 g/mol. The fraction of sp³-hybridized carbons (Fsp3) is 0.158. The SMILES string of the molecule is CC1C=c2cccc(Br)c2=CC1=CC=C1CC=CC=C1Br. The first-order valence-corrected chi connectivity index (χ1v) is 8.65. The molecule has 1 aromatic carbocycles. The van der Waals surface area contributed by atoms with Gasteiger partial charge >= 0.3 is 0 Å². The highest BCUT2D eigenvalue weighted by Gasteiger charge is 2.09. The molecule has 0 saturated heterocycles. The first-order valence-electron chi connectivity index (χ1n) is 7.07. The Hall–Kier alpha value is -1.12. The summed E-state index contributed by atoms with van der Waals surface area (Å²) in [6.07, 6.45) is 16.4. The van der Waals surface area contributed by atoms with Crippen LogP contribution in [-0.2, 0) is 0 Å². The van der Waals surface area contributed by atoms with Crippen LogP contribution < -0.4 is 10.4 Å². The standard InChI is InChI=1S/C19H16Br2/c1-13-11-16-6-4-8-19(21)17(16)12-15(13)10-9-14-5-2-3-7-18(14)20/h2-4,6-13H,5H2,1H3. The Kier molecular flexibility index (Phi) is 4.46. The highest BCUT2D eigenvalue weighted by molar-refractivity contribution is 9.12. The van der Waals surface area contributed by atoms with Crippen molar-refractivity contribution >= 4 is 44.0 Å². The lowest BCUT2D eigenvalue weighted by atomic mass is 9.92. The van der Waals surface area contributed by atoms with Gasteiger partial charge in [-0.2, -0.15) is 0 Å². The Balaban J connectivity index is 2.02. The summed E-state index contributed by atoms with van der Waals surface area (Å²) in [5, 5.41) is 2.58. The molecule has 106 valence electrons. The van der Waals surface area contributed by atoms with Crippen LogP contribution in [-0.4, -0.2) is 0 Å². The van der Waals surface area contributed by atoms with Crippen LogP contribution >= 0.6 is 31.9 Å². The summed E-state index contributed by atoms with van der Waals surface area (Å²) in [6.45, 7) is 2.25. The molecule has 1 atom stereocenters. The highest BCUT2D eigenvalue weighted by atomic mass is 79.9. The van der Waals surface area contributed by atoms with Crippen molar-refractivity contribution in [3.05, 3.63) is 79.1 Å². The molecule has 0 nitrogen and oxygen atoms in total. The Labute approximate surface area is 142 Å². The smallest absolute Gasteiger partial charge is 0.0253 e. The van der Waals surface area contributed by atoms with Gasteiger partial charge in [-0.1, -0.05) is 81.3 Å². The topological polar surface area (TPSA) is 0 Å². The molecule has 0 N–H and O–H groups in total. The van der Waals surface area contributed by atoms with E-state index < -0.39 is 0 Å². The van der Waals surface area contributed by atoms with Crippen molar-refractivity contribution in [2.24, 2.45) is 5.92 Å².